The van der Waals surface area contributed by atoms with Crippen LogP contribution in [0.3, 0.4) is 0 Å². The first-order valence-corrected chi connectivity index (χ1v) is 14.6. The molecule has 0 bridgehead atoms. The van der Waals surface area contributed by atoms with Crippen molar-refractivity contribution in [3.63, 3.8) is 0 Å². The van der Waals surface area contributed by atoms with Gasteiger partial charge >= 0.3 is 0 Å². The molecule has 4 aromatic rings. The lowest BCUT2D eigenvalue weighted by atomic mass is 9.72. The average molecular weight is 567 g/mol. The molecule has 0 saturated heterocycles. The third-order valence-corrected chi connectivity index (χ3v) is 9.50. The van der Waals surface area contributed by atoms with Crippen molar-refractivity contribution in [2.75, 3.05) is 20.0 Å². The van der Waals surface area contributed by atoms with Gasteiger partial charge in [0, 0.05) is 10.4 Å². The Bertz CT molecular complexity index is 1600. The highest BCUT2D eigenvalue weighted by molar-refractivity contribution is 7.99. The largest absolute Gasteiger partial charge is 0.497 e. The van der Waals surface area contributed by atoms with Crippen LogP contribution < -0.4 is 15.0 Å². The third-order valence-electron chi connectivity index (χ3n) is 7.41. The van der Waals surface area contributed by atoms with Gasteiger partial charge in [-0.1, -0.05) is 32.5 Å². The van der Waals surface area contributed by atoms with Gasteiger partial charge in [-0.2, -0.15) is 0 Å². The van der Waals surface area contributed by atoms with E-state index in [1.54, 1.807) is 35.1 Å². The van der Waals surface area contributed by atoms with Crippen molar-refractivity contribution < 1.29 is 18.7 Å². The van der Waals surface area contributed by atoms with E-state index in [9.17, 15) is 14.0 Å². The minimum atomic E-state index is -0.597. The predicted octanol–water partition coefficient (Wildman–Crippen LogP) is 6.73. The molecule has 2 aromatic heterocycles. The number of carbonyl (C=O) groups excluding carboxylic acids is 1. The smallest absolute Gasteiger partial charge is 0.267 e. The summed E-state index contributed by atoms with van der Waals surface area (Å²) in [5.41, 5.74) is 2.04. The van der Waals surface area contributed by atoms with Crippen LogP contribution in [0.15, 0.2) is 52.4 Å². The van der Waals surface area contributed by atoms with Gasteiger partial charge in [0.1, 0.15) is 10.6 Å². The zero-order valence-electron chi connectivity index (χ0n) is 22.7. The fourth-order valence-electron chi connectivity index (χ4n) is 5.05. The Kier molecular flexibility index (Phi) is 7.57. The molecule has 39 heavy (non-hydrogen) atoms. The number of thiophene rings is 1. The van der Waals surface area contributed by atoms with E-state index >= 15 is 0 Å². The molecule has 0 radical (unpaired) electrons. The number of thioether (sulfide) groups is 1. The number of nitrogens with zero attached hydrogens (tertiary/aromatic N) is 2. The number of aromatic nitrogens is 2. The topological polar surface area (TPSA) is 70.4 Å². The summed E-state index contributed by atoms with van der Waals surface area (Å²) in [6.45, 7) is 6.81. The van der Waals surface area contributed by atoms with Crippen LogP contribution in [-0.2, 0) is 12.8 Å². The molecule has 0 aliphatic heterocycles. The molecule has 0 spiro atoms. The summed E-state index contributed by atoms with van der Waals surface area (Å²) < 4.78 is 26.0. The van der Waals surface area contributed by atoms with Gasteiger partial charge in [0.2, 0.25) is 0 Å². The van der Waals surface area contributed by atoms with E-state index in [2.05, 4.69) is 20.8 Å². The number of methoxy groups -OCH3 is 2. The molecule has 6 nitrogen and oxygen atoms in total. The second-order valence-corrected chi connectivity index (χ2v) is 12.8. The summed E-state index contributed by atoms with van der Waals surface area (Å²) in [5, 5.41) is 1.09. The van der Waals surface area contributed by atoms with E-state index in [0.717, 1.165) is 24.8 Å². The van der Waals surface area contributed by atoms with Crippen LogP contribution in [0.5, 0.6) is 11.5 Å². The first kappa shape index (κ1) is 27.4. The summed E-state index contributed by atoms with van der Waals surface area (Å²) in [4.78, 5) is 33.9. The highest BCUT2D eigenvalue weighted by atomic mass is 32.2. The predicted molar refractivity (Wildman–Crippen MR) is 155 cm³/mol. The second-order valence-electron chi connectivity index (χ2n) is 10.8. The van der Waals surface area contributed by atoms with Crippen molar-refractivity contribution in [3.05, 3.63) is 74.6 Å². The maximum Gasteiger partial charge on any atom is 0.267 e. The van der Waals surface area contributed by atoms with Crippen LogP contribution in [-0.4, -0.2) is 35.3 Å². The van der Waals surface area contributed by atoms with E-state index < -0.39 is 5.82 Å². The molecule has 204 valence electrons. The quantitative estimate of drug-likeness (QED) is 0.140. The fourth-order valence-corrected chi connectivity index (χ4v) is 7.30. The number of rotatable bonds is 7. The number of ketones is 1. The van der Waals surface area contributed by atoms with Crippen LogP contribution in [0, 0.1) is 17.2 Å². The van der Waals surface area contributed by atoms with Crippen molar-refractivity contribution in [1.29, 1.82) is 0 Å². The normalized spacial score (nSPS) is 15.3. The van der Waals surface area contributed by atoms with Crippen LogP contribution in [0.4, 0.5) is 4.39 Å². The summed E-state index contributed by atoms with van der Waals surface area (Å²) in [7, 11) is 2.97. The van der Waals surface area contributed by atoms with Crippen LogP contribution in [0.1, 0.15) is 48.0 Å². The Morgan fingerprint density at radius 1 is 1.15 bits per heavy atom. The van der Waals surface area contributed by atoms with E-state index in [4.69, 9.17) is 14.5 Å². The SMILES string of the molecule is COc1ccc(-n2c(SCC(=O)c3ccc(OC)c(F)c3)nc3sc4c(c3c2=O)CCC(C(C)(C)C)C4)cc1. The van der Waals surface area contributed by atoms with Gasteiger partial charge < -0.3 is 9.47 Å². The number of aryl methyl sites for hydroxylation is 1. The first-order chi connectivity index (χ1) is 18.6. The van der Waals surface area contributed by atoms with Crippen molar-refractivity contribution in [1.82, 2.24) is 9.55 Å². The minimum absolute atomic E-state index is 0.00292. The third kappa shape index (κ3) is 5.34. The van der Waals surface area contributed by atoms with Gasteiger partial charge in [-0.15, -0.1) is 11.3 Å². The Balaban J connectivity index is 1.56. The van der Waals surface area contributed by atoms with E-state index in [-0.39, 0.29) is 33.8 Å². The lowest BCUT2D eigenvalue weighted by Crippen LogP contribution is -2.27. The number of ether oxygens (including phenoxy) is 2. The van der Waals surface area contributed by atoms with Crippen molar-refractivity contribution in [2.45, 2.75) is 45.2 Å². The molecular weight excluding hydrogens is 535 g/mol. The number of benzene rings is 2. The van der Waals surface area contributed by atoms with E-state index in [1.165, 1.54) is 41.9 Å². The Labute approximate surface area is 235 Å². The van der Waals surface area contributed by atoms with Gasteiger partial charge in [-0.05, 0) is 78.6 Å². The van der Waals surface area contributed by atoms with E-state index in [0.29, 0.717) is 32.7 Å². The Morgan fingerprint density at radius 3 is 2.54 bits per heavy atom. The summed E-state index contributed by atoms with van der Waals surface area (Å²) in [6, 6.07) is 11.4. The number of fused-ring (bicyclic) bond motifs is 3. The number of halogens is 1. The maximum absolute atomic E-state index is 14.2. The molecule has 0 fully saturated rings. The molecular formula is C30H31FN2O4S2. The zero-order chi connectivity index (χ0) is 27.9. The number of Topliss-reactive ketones (excluding diaryl/α,β-unsaturated/α-hetero) is 1. The lowest BCUT2D eigenvalue weighted by molar-refractivity contribution is 0.102. The fraction of sp³-hybridized carbons (Fsp3) is 0.367. The van der Waals surface area contributed by atoms with E-state index in [1.807, 2.05) is 12.1 Å². The molecule has 0 saturated carbocycles. The summed E-state index contributed by atoms with van der Waals surface area (Å²) >= 11 is 2.76. The van der Waals surface area contributed by atoms with Crippen LogP contribution in [0.2, 0.25) is 0 Å². The summed E-state index contributed by atoms with van der Waals surface area (Å²) in [6.07, 6.45) is 2.82. The number of hydrogen-bond acceptors (Lipinski definition) is 7. The average Bonchev–Trinajstić information content (AvgIpc) is 3.29. The second kappa shape index (κ2) is 10.8. The van der Waals surface area contributed by atoms with Crippen LogP contribution in [0.25, 0.3) is 15.9 Å². The Morgan fingerprint density at radius 2 is 1.90 bits per heavy atom. The molecule has 1 atom stereocenters. The van der Waals surface area contributed by atoms with Crippen molar-refractivity contribution in [3.8, 4) is 17.2 Å². The molecule has 1 unspecified atom stereocenters. The minimum Gasteiger partial charge on any atom is -0.497 e. The summed E-state index contributed by atoms with van der Waals surface area (Å²) in [5.74, 6) is 0.425. The molecule has 0 N–H and O–H groups in total. The molecule has 2 aromatic carbocycles. The highest BCUT2D eigenvalue weighted by Gasteiger charge is 2.32. The van der Waals surface area contributed by atoms with Crippen LogP contribution >= 0.6 is 23.1 Å². The number of hydrogen-bond donors (Lipinski definition) is 0. The highest BCUT2D eigenvalue weighted by Crippen LogP contribution is 2.42. The molecule has 0 amide bonds. The molecule has 9 heteroatoms. The van der Waals surface area contributed by atoms with Crippen molar-refractivity contribution >= 4 is 39.1 Å². The molecule has 5 rings (SSSR count). The van der Waals surface area contributed by atoms with Gasteiger partial charge in [-0.25, -0.2) is 9.37 Å². The maximum atomic E-state index is 14.2. The zero-order valence-corrected chi connectivity index (χ0v) is 24.3. The van der Waals surface area contributed by atoms with Crippen molar-refractivity contribution in [2.24, 2.45) is 11.3 Å². The standard InChI is InChI=1S/C30H31FN2O4S2/c1-30(2,3)18-7-12-21-25(15-18)39-27-26(21)28(35)33(19-8-10-20(36-4)11-9-19)29(32-27)38-16-23(34)17-6-13-24(37-5)22(31)14-17/h6,8-11,13-14,18H,7,12,15-16H2,1-5H3. The van der Waals surface area contributed by atoms with Gasteiger partial charge in [0.05, 0.1) is 31.0 Å². The first-order valence-electron chi connectivity index (χ1n) is 12.8. The Hall–Kier alpha value is -3.17. The lowest BCUT2D eigenvalue weighted by Gasteiger charge is -2.33. The monoisotopic (exact) mass is 566 g/mol. The van der Waals surface area contributed by atoms with Gasteiger partial charge in [0.25, 0.3) is 5.56 Å². The number of carbonyl (C=O) groups is 1. The molecule has 1 aliphatic rings. The van der Waals surface area contributed by atoms with Gasteiger partial charge in [-0.3, -0.25) is 14.2 Å². The molecule has 2 heterocycles. The van der Waals surface area contributed by atoms with Gasteiger partial charge in [0.15, 0.2) is 22.5 Å². The molecule has 1 aliphatic carbocycles.